The maximum atomic E-state index is 11.5. The van der Waals surface area contributed by atoms with Gasteiger partial charge in [0.1, 0.15) is 5.76 Å². The molecule has 0 aliphatic carbocycles. The number of carbonyl (C=O) groups excluding carboxylic acids is 2. The lowest BCUT2D eigenvalue weighted by Crippen LogP contribution is -2.30. The normalized spacial score (nSPS) is 20.2. The van der Waals surface area contributed by atoms with Crippen LogP contribution >= 0.6 is 0 Å². The fraction of sp³-hybridized carbons (Fsp3) is 0.636. The van der Waals surface area contributed by atoms with Crippen molar-refractivity contribution >= 4 is 11.9 Å². The van der Waals surface area contributed by atoms with Crippen LogP contribution < -0.4 is 5.32 Å². The molecule has 90 valence electrons. The van der Waals surface area contributed by atoms with Gasteiger partial charge in [-0.1, -0.05) is 13.8 Å². The van der Waals surface area contributed by atoms with Gasteiger partial charge in [0.25, 0.3) is 5.91 Å². The molecule has 1 amide bonds. The lowest BCUT2D eigenvalue weighted by molar-refractivity contribution is -0.140. The fourth-order valence-corrected chi connectivity index (χ4v) is 1.63. The van der Waals surface area contributed by atoms with Gasteiger partial charge in [-0.2, -0.15) is 0 Å². The minimum atomic E-state index is -0.760. The Balaban J connectivity index is 2.84. The van der Waals surface area contributed by atoms with Crippen molar-refractivity contribution in [2.45, 2.75) is 33.2 Å². The molecule has 0 fully saturated rings. The van der Waals surface area contributed by atoms with Crippen molar-refractivity contribution in [1.82, 2.24) is 5.32 Å². The number of amides is 1. The van der Waals surface area contributed by atoms with Gasteiger partial charge in [-0.05, 0) is 19.3 Å². The minimum Gasteiger partial charge on any atom is -0.509 e. The number of hydrogen-bond donors (Lipinski definition) is 2. The summed E-state index contributed by atoms with van der Waals surface area (Å²) < 4.78 is 4.70. The quantitative estimate of drug-likeness (QED) is 0.553. The molecule has 1 atom stereocenters. The molecule has 1 heterocycles. The highest BCUT2D eigenvalue weighted by molar-refractivity contribution is 6.18. The summed E-state index contributed by atoms with van der Waals surface area (Å²) in [5.41, 5.74) is -0.257. The molecule has 0 aromatic carbocycles. The van der Waals surface area contributed by atoms with Gasteiger partial charge in [0.2, 0.25) is 0 Å². The van der Waals surface area contributed by atoms with Crippen molar-refractivity contribution in [3.63, 3.8) is 0 Å². The average molecular weight is 227 g/mol. The summed E-state index contributed by atoms with van der Waals surface area (Å²) in [7, 11) is 0. The second-order valence-electron chi connectivity index (χ2n) is 4.14. The molecule has 5 heteroatoms. The van der Waals surface area contributed by atoms with Crippen LogP contribution in [-0.2, 0) is 14.3 Å². The highest BCUT2D eigenvalue weighted by atomic mass is 16.5. The maximum Gasteiger partial charge on any atom is 0.347 e. The first-order valence-electron chi connectivity index (χ1n) is 5.38. The van der Waals surface area contributed by atoms with Gasteiger partial charge in [0.05, 0.1) is 12.6 Å². The number of carbonyl (C=O) groups is 2. The molecular weight excluding hydrogens is 210 g/mol. The van der Waals surface area contributed by atoms with Gasteiger partial charge in [-0.3, -0.25) is 4.79 Å². The number of hydrogen-bond acceptors (Lipinski definition) is 4. The van der Waals surface area contributed by atoms with Crippen LogP contribution in [0.2, 0.25) is 0 Å². The van der Waals surface area contributed by atoms with Gasteiger partial charge < -0.3 is 15.2 Å². The number of rotatable bonds is 4. The minimum absolute atomic E-state index is 0.178. The van der Waals surface area contributed by atoms with Crippen LogP contribution in [0.5, 0.6) is 0 Å². The van der Waals surface area contributed by atoms with E-state index in [0.717, 1.165) is 0 Å². The second-order valence-corrected chi connectivity index (χ2v) is 4.14. The Morgan fingerprint density at radius 1 is 1.56 bits per heavy atom. The first-order chi connectivity index (χ1) is 7.47. The molecule has 5 nitrogen and oxygen atoms in total. The second kappa shape index (κ2) is 5.01. The molecule has 2 N–H and O–H groups in total. The van der Waals surface area contributed by atoms with Crippen molar-refractivity contribution in [3.8, 4) is 0 Å². The molecular formula is C11H17NO4. The van der Waals surface area contributed by atoms with Gasteiger partial charge in [0, 0.05) is 0 Å². The molecule has 0 saturated carbocycles. The Morgan fingerprint density at radius 3 is 2.69 bits per heavy atom. The van der Waals surface area contributed by atoms with Crippen LogP contribution in [0, 0.1) is 5.92 Å². The third-order valence-corrected chi connectivity index (χ3v) is 2.31. The SMILES string of the molecule is CCOC(=O)C1=C(O)[C@H](CC(C)C)NC1=O. The van der Waals surface area contributed by atoms with Crippen LogP contribution in [0.25, 0.3) is 0 Å². The summed E-state index contributed by atoms with van der Waals surface area (Å²) >= 11 is 0. The van der Waals surface area contributed by atoms with Crippen molar-refractivity contribution < 1.29 is 19.4 Å². The summed E-state index contributed by atoms with van der Waals surface area (Å²) in [5.74, 6) is -1.20. The van der Waals surface area contributed by atoms with Crippen LogP contribution in [0.1, 0.15) is 27.2 Å². The summed E-state index contributed by atoms with van der Waals surface area (Å²) in [6.07, 6.45) is 0.598. The molecule has 0 unspecified atom stereocenters. The first-order valence-corrected chi connectivity index (χ1v) is 5.38. The number of aliphatic hydroxyl groups is 1. The van der Waals surface area contributed by atoms with E-state index in [1.807, 2.05) is 13.8 Å². The van der Waals surface area contributed by atoms with E-state index in [1.54, 1.807) is 6.92 Å². The van der Waals surface area contributed by atoms with Crippen LogP contribution in [0.15, 0.2) is 11.3 Å². The first kappa shape index (κ1) is 12.5. The molecule has 0 bridgehead atoms. The van der Waals surface area contributed by atoms with Gasteiger partial charge in [-0.15, -0.1) is 0 Å². The number of ether oxygens (including phenoxy) is 1. The van der Waals surface area contributed by atoms with E-state index in [1.165, 1.54) is 0 Å². The van der Waals surface area contributed by atoms with Gasteiger partial charge >= 0.3 is 5.97 Å². The predicted octanol–water partition coefficient (Wildman–Crippen LogP) is 0.906. The topological polar surface area (TPSA) is 75.6 Å². The van der Waals surface area contributed by atoms with E-state index in [2.05, 4.69) is 5.32 Å². The van der Waals surface area contributed by atoms with Crippen molar-refractivity contribution in [2.24, 2.45) is 5.92 Å². The number of nitrogens with one attached hydrogen (secondary N) is 1. The smallest absolute Gasteiger partial charge is 0.347 e. The van der Waals surface area contributed by atoms with E-state index in [9.17, 15) is 14.7 Å². The zero-order chi connectivity index (χ0) is 12.3. The van der Waals surface area contributed by atoms with Crippen molar-refractivity contribution in [2.75, 3.05) is 6.61 Å². The third-order valence-electron chi connectivity index (χ3n) is 2.31. The van der Waals surface area contributed by atoms with Gasteiger partial charge in [0.15, 0.2) is 5.57 Å². The maximum absolute atomic E-state index is 11.5. The summed E-state index contributed by atoms with van der Waals surface area (Å²) in [4.78, 5) is 22.9. The molecule has 16 heavy (non-hydrogen) atoms. The third kappa shape index (κ3) is 2.53. The molecule has 0 radical (unpaired) electrons. The zero-order valence-electron chi connectivity index (χ0n) is 9.74. The monoisotopic (exact) mass is 227 g/mol. The molecule has 1 rings (SSSR count). The van der Waals surface area contributed by atoms with E-state index in [4.69, 9.17) is 4.74 Å². The fourth-order valence-electron chi connectivity index (χ4n) is 1.63. The van der Waals surface area contributed by atoms with E-state index in [0.29, 0.717) is 12.3 Å². The average Bonchev–Trinajstić information content (AvgIpc) is 2.41. The van der Waals surface area contributed by atoms with Crippen molar-refractivity contribution in [3.05, 3.63) is 11.3 Å². The lowest BCUT2D eigenvalue weighted by Gasteiger charge is -2.12. The van der Waals surface area contributed by atoms with Gasteiger partial charge in [-0.25, -0.2) is 4.79 Å². The summed E-state index contributed by atoms with van der Waals surface area (Å²) in [5, 5.41) is 12.3. The Bertz CT molecular complexity index is 333. The van der Waals surface area contributed by atoms with Crippen LogP contribution in [0.4, 0.5) is 0 Å². The Labute approximate surface area is 94.5 Å². The number of esters is 1. The largest absolute Gasteiger partial charge is 0.509 e. The lowest BCUT2D eigenvalue weighted by atomic mass is 10.0. The Morgan fingerprint density at radius 2 is 2.19 bits per heavy atom. The summed E-state index contributed by atoms with van der Waals surface area (Å²) in [6, 6.07) is -0.466. The van der Waals surface area contributed by atoms with E-state index < -0.39 is 17.9 Å². The van der Waals surface area contributed by atoms with E-state index >= 15 is 0 Å². The highest BCUT2D eigenvalue weighted by Gasteiger charge is 2.36. The van der Waals surface area contributed by atoms with Crippen molar-refractivity contribution in [1.29, 1.82) is 0 Å². The molecule has 0 saturated heterocycles. The molecule has 0 aromatic heterocycles. The molecule has 1 aliphatic rings. The summed E-state index contributed by atoms with van der Waals surface area (Å²) in [6.45, 7) is 5.77. The molecule has 0 spiro atoms. The highest BCUT2D eigenvalue weighted by Crippen LogP contribution is 2.21. The zero-order valence-corrected chi connectivity index (χ0v) is 9.74. The number of aliphatic hydroxyl groups excluding tert-OH is 1. The van der Waals surface area contributed by atoms with Crippen LogP contribution in [0.3, 0.4) is 0 Å². The Kier molecular flexibility index (Phi) is 3.93. The Hall–Kier alpha value is -1.52. The van der Waals surface area contributed by atoms with Crippen LogP contribution in [-0.4, -0.2) is 29.6 Å². The van der Waals surface area contributed by atoms with E-state index in [-0.39, 0.29) is 17.9 Å². The molecule has 1 aliphatic heterocycles. The predicted molar refractivity (Wildman–Crippen MR) is 57.7 cm³/mol. The molecule has 0 aromatic rings. The standard InChI is InChI=1S/C11H17NO4/c1-4-16-11(15)8-9(13)7(5-6(2)3)12-10(8)14/h6-7,13H,4-5H2,1-3H3,(H,12,14)/t7-/m0/s1.